The first-order chi connectivity index (χ1) is 14.0. The van der Waals surface area contributed by atoms with Crippen LogP contribution in [0, 0.1) is 0 Å². The number of rotatable bonds is 10. The minimum absolute atomic E-state index is 0. The van der Waals surface area contributed by atoms with Crippen LogP contribution in [0.25, 0.3) is 0 Å². The van der Waals surface area contributed by atoms with Crippen molar-refractivity contribution in [3.63, 3.8) is 0 Å². The molecule has 0 aliphatic carbocycles. The highest BCUT2D eigenvalue weighted by molar-refractivity contribution is 14.0. The van der Waals surface area contributed by atoms with Crippen LogP contribution in [0.3, 0.4) is 0 Å². The Hall–Kier alpha value is -2.16. The molecule has 2 aromatic rings. The summed E-state index contributed by atoms with van der Waals surface area (Å²) in [6.07, 6.45) is 1.97. The largest absolute Gasteiger partial charge is 0.493 e. The van der Waals surface area contributed by atoms with E-state index < -0.39 is 0 Å². The lowest BCUT2D eigenvalue weighted by Crippen LogP contribution is -2.39. The van der Waals surface area contributed by atoms with E-state index in [4.69, 9.17) is 14.2 Å². The summed E-state index contributed by atoms with van der Waals surface area (Å²) in [6.45, 7) is 5.64. The number of ether oxygens (including phenoxy) is 3. The summed E-state index contributed by atoms with van der Waals surface area (Å²) in [7, 11) is 5.07. The van der Waals surface area contributed by atoms with Crippen LogP contribution in [0.5, 0.6) is 17.2 Å². The average Bonchev–Trinajstić information content (AvgIpc) is 2.73. The lowest BCUT2D eigenvalue weighted by Gasteiger charge is -2.13. The van der Waals surface area contributed by atoms with E-state index in [-0.39, 0.29) is 30.1 Å². The maximum atomic E-state index is 5.68. The summed E-state index contributed by atoms with van der Waals surface area (Å²) < 4.78 is 16.3. The van der Waals surface area contributed by atoms with E-state index in [2.05, 4.69) is 27.8 Å². The van der Waals surface area contributed by atoms with Gasteiger partial charge < -0.3 is 24.8 Å². The van der Waals surface area contributed by atoms with Gasteiger partial charge in [-0.05, 0) is 62.1 Å². The van der Waals surface area contributed by atoms with Crippen molar-refractivity contribution in [2.24, 2.45) is 4.99 Å². The Morgan fingerprint density at radius 2 is 1.43 bits per heavy atom. The summed E-state index contributed by atoms with van der Waals surface area (Å²) in [4.78, 5) is 4.29. The molecule has 2 aromatic carbocycles. The highest BCUT2D eigenvalue weighted by atomic mass is 127. The van der Waals surface area contributed by atoms with Crippen molar-refractivity contribution in [3.05, 3.63) is 53.6 Å². The van der Waals surface area contributed by atoms with Crippen LogP contribution < -0.4 is 24.8 Å². The predicted molar refractivity (Wildman–Crippen MR) is 134 cm³/mol. The number of methoxy groups -OCH3 is 2. The van der Waals surface area contributed by atoms with Crippen LogP contribution in [0.15, 0.2) is 47.5 Å². The first kappa shape index (κ1) is 25.9. The number of nitrogens with zero attached hydrogens (tertiary/aromatic N) is 1. The van der Waals surface area contributed by atoms with Gasteiger partial charge in [0.2, 0.25) is 0 Å². The Morgan fingerprint density at radius 1 is 0.867 bits per heavy atom. The maximum absolute atomic E-state index is 5.68. The van der Waals surface area contributed by atoms with Crippen LogP contribution in [0.4, 0.5) is 0 Å². The fourth-order valence-electron chi connectivity index (χ4n) is 2.91. The molecule has 7 heteroatoms. The highest BCUT2D eigenvalue weighted by Gasteiger charge is 2.05. The number of benzene rings is 2. The van der Waals surface area contributed by atoms with Crippen molar-refractivity contribution < 1.29 is 14.2 Å². The Kier molecular flexibility index (Phi) is 12.0. The molecule has 0 aromatic heterocycles. The van der Waals surface area contributed by atoms with E-state index >= 15 is 0 Å². The quantitative estimate of drug-likeness (QED) is 0.277. The molecule has 166 valence electrons. The zero-order valence-corrected chi connectivity index (χ0v) is 20.9. The summed E-state index contributed by atoms with van der Waals surface area (Å²) in [5.74, 6) is 3.19. The summed E-state index contributed by atoms with van der Waals surface area (Å²) in [5, 5.41) is 6.70. The molecule has 2 rings (SSSR count). The van der Waals surface area contributed by atoms with Crippen LogP contribution in [0.2, 0.25) is 0 Å². The van der Waals surface area contributed by atoms with E-state index in [0.717, 1.165) is 49.1 Å². The standard InChI is InChI=1S/C23H33N3O3.HI/c1-17(2)29-20-9-6-18(7-10-20)12-14-25-23(24-3)26-15-13-19-8-11-21(27-4)22(16-19)28-5;/h6-11,16-17H,12-15H2,1-5H3,(H2,24,25,26);1H. The van der Waals surface area contributed by atoms with Crippen LogP contribution in [0.1, 0.15) is 25.0 Å². The lowest BCUT2D eigenvalue weighted by molar-refractivity contribution is 0.242. The van der Waals surface area contributed by atoms with Gasteiger partial charge in [0.15, 0.2) is 17.5 Å². The zero-order valence-electron chi connectivity index (χ0n) is 18.5. The number of guanidine groups is 1. The van der Waals surface area contributed by atoms with Gasteiger partial charge in [-0.3, -0.25) is 4.99 Å². The van der Waals surface area contributed by atoms with Crippen LogP contribution in [-0.2, 0) is 12.8 Å². The molecule has 0 saturated carbocycles. The SMILES string of the molecule is CN=C(NCCc1ccc(OC(C)C)cc1)NCCc1ccc(OC)c(OC)c1.I. The molecule has 0 atom stereocenters. The average molecular weight is 527 g/mol. The first-order valence-corrected chi connectivity index (χ1v) is 9.96. The molecule has 0 bridgehead atoms. The van der Waals surface area contributed by atoms with Crippen molar-refractivity contribution >= 4 is 29.9 Å². The zero-order chi connectivity index (χ0) is 21.1. The van der Waals surface area contributed by atoms with Crippen LogP contribution >= 0.6 is 24.0 Å². The van der Waals surface area contributed by atoms with E-state index in [0.29, 0.717) is 0 Å². The third-order valence-corrected chi connectivity index (χ3v) is 4.38. The Balaban J connectivity index is 0.00000450. The van der Waals surface area contributed by atoms with Gasteiger partial charge in [0, 0.05) is 20.1 Å². The molecule has 0 aliphatic heterocycles. The van der Waals surface area contributed by atoms with Gasteiger partial charge in [-0.25, -0.2) is 0 Å². The monoisotopic (exact) mass is 527 g/mol. The molecule has 0 heterocycles. The van der Waals surface area contributed by atoms with Crippen molar-refractivity contribution in [1.29, 1.82) is 0 Å². The van der Waals surface area contributed by atoms with Gasteiger partial charge in [-0.1, -0.05) is 18.2 Å². The molecule has 0 amide bonds. The second-order valence-corrected chi connectivity index (χ2v) is 6.93. The van der Waals surface area contributed by atoms with Crippen molar-refractivity contribution in [3.8, 4) is 17.2 Å². The minimum atomic E-state index is 0. The fraction of sp³-hybridized carbons (Fsp3) is 0.435. The van der Waals surface area contributed by atoms with Crippen molar-refractivity contribution in [2.75, 3.05) is 34.4 Å². The molecular weight excluding hydrogens is 493 g/mol. The van der Waals surface area contributed by atoms with Gasteiger partial charge in [0.05, 0.1) is 20.3 Å². The molecule has 0 aliphatic rings. The summed E-state index contributed by atoms with van der Waals surface area (Å²) >= 11 is 0. The van der Waals surface area contributed by atoms with Crippen molar-refractivity contribution in [2.45, 2.75) is 32.8 Å². The topological polar surface area (TPSA) is 64.1 Å². The van der Waals surface area contributed by atoms with E-state index in [1.54, 1.807) is 21.3 Å². The maximum Gasteiger partial charge on any atom is 0.190 e. The van der Waals surface area contributed by atoms with Gasteiger partial charge >= 0.3 is 0 Å². The third-order valence-electron chi connectivity index (χ3n) is 4.38. The molecule has 0 unspecified atom stereocenters. The third kappa shape index (κ3) is 8.69. The molecule has 6 nitrogen and oxygen atoms in total. The predicted octanol–water partition coefficient (Wildman–Crippen LogP) is 4.06. The van der Waals surface area contributed by atoms with E-state index in [1.165, 1.54) is 11.1 Å². The highest BCUT2D eigenvalue weighted by Crippen LogP contribution is 2.27. The Bertz CT molecular complexity index is 780. The minimum Gasteiger partial charge on any atom is -0.493 e. The Morgan fingerprint density at radius 3 is 1.97 bits per heavy atom. The first-order valence-electron chi connectivity index (χ1n) is 9.96. The summed E-state index contributed by atoms with van der Waals surface area (Å²) in [6, 6.07) is 14.2. The Labute approximate surface area is 197 Å². The van der Waals surface area contributed by atoms with Crippen LogP contribution in [-0.4, -0.2) is 46.4 Å². The number of hydrogen-bond acceptors (Lipinski definition) is 4. The normalized spacial score (nSPS) is 10.9. The van der Waals surface area contributed by atoms with Gasteiger partial charge in [-0.15, -0.1) is 24.0 Å². The number of aliphatic imine (C=N–C) groups is 1. The molecule has 0 fully saturated rings. The molecule has 0 spiro atoms. The van der Waals surface area contributed by atoms with E-state index in [9.17, 15) is 0 Å². The van der Waals surface area contributed by atoms with Crippen molar-refractivity contribution in [1.82, 2.24) is 10.6 Å². The number of hydrogen-bond donors (Lipinski definition) is 2. The summed E-state index contributed by atoms with van der Waals surface area (Å²) in [5.41, 5.74) is 2.43. The van der Waals surface area contributed by atoms with Gasteiger partial charge in [-0.2, -0.15) is 0 Å². The molecule has 0 radical (unpaired) electrons. The van der Waals surface area contributed by atoms with E-state index in [1.807, 2.05) is 44.2 Å². The number of halogens is 1. The number of nitrogens with one attached hydrogen (secondary N) is 2. The second-order valence-electron chi connectivity index (χ2n) is 6.93. The fourth-order valence-corrected chi connectivity index (χ4v) is 2.91. The van der Waals surface area contributed by atoms with Gasteiger partial charge in [0.25, 0.3) is 0 Å². The lowest BCUT2D eigenvalue weighted by atomic mass is 10.1. The smallest absolute Gasteiger partial charge is 0.190 e. The molecular formula is C23H34IN3O3. The molecule has 2 N–H and O–H groups in total. The van der Waals surface area contributed by atoms with Gasteiger partial charge in [0.1, 0.15) is 5.75 Å². The molecule has 30 heavy (non-hydrogen) atoms. The second kappa shape index (κ2) is 14.0. The molecule has 0 saturated heterocycles.